The van der Waals surface area contributed by atoms with Gasteiger partial charge in [-0.25, -0.2) is 9.78 Å². The van der Waals surface area contributed by atoms with Crippen LogP contribution < -0.4 is 21.2 Å². The van der Waals surface area contributed by atoms with Crippen LogP contribution in [-0.2, 0) is 0 Å². The average molecular weight is 406 g/mol. The first-order valence-corrected chi connectivity index (χ1v) is 9.19. The lowest BCUT2D eigenvalue weighted by Gasteiger charge is -2.09. The van der Waals surface area contributed by atoms with Crippen molar-refractivity contribution in [3.8, 4) is 22.6 Å². The van der Waals surface area contributed by atoms with Crippen molar-refractivity contribution in [2.75, 3.05) is 11.9 Å². The molecule has 9 heteroatoms. The Morgan fingerprint density at radius 3 is 2.67 bits per heavy atom. The third kappa shape index (κ3) is 3.60. The largest absolute Gasteiger partial charge is 0.507 e. The van der Waals surface area contributed by atoms with Gasteiger partial charge in [0.2, 0.25) is 5.95 Å². The highest BCUT2D eigenvalue weighted by molar-refractivity contribution is 5.93. The van der Waals surface area contributed by atoms with E-state index in [1.54, 1.807) is 31.2 Å². The van der Waals surface area contributed by atoms with Gasteiger partial charge >= 0.3 is 5.63 Å². The van der Waals surface area contributed by atoms with Crippen molar-refractivity contribution in [1.29, 1.82) is 0 Å². The first kappa shape index (κ1) is 19.2. The second-order valence-corrected chi connectivity index (χ2v) is 6.46. The molecule has 0 fully saturated rings. The van der Waals surface area contributed by atoms with Crippen LogP contribution in [0.2, 0.25) is 0 Å². The Balaban J connectivity index is 1.78. The summed E-state index contributed by atoms with van der Waals surface area (Å²) in [6.45, 7) is 4.01. The molecule has 0 aliphatic heterocycles. The van der Waals surface area contributed by atoms with E-state index in [2.05, 4.69) is 20.3 Å². The normalized spacial score (nSPS) is 10.9. The zero-order chi connectivity index (χ0) is 21.3. The minimum absolute atomic E-state index is 0.0706. The summed E-state index contributed by atoms with van der Waals surface area (Å²) in [6, 6.07) is 9.93. The number of nitrogens with zero attached hydrogens (tertiary/aromatic N) is 2. The molecule has 0 saturated heterocycles. The minimum Gasteiger partial charge on any atom is -0.507 e. The predicted molar refractivity (Wildman–Crippen MR) is 111 cm³/mol. The van der Waals surface area contributed by atoms with Crippen LogP contribution in [0.3, 0.4) is 0 Å². The molecule has 0 radical (unpaired) electrons. The van der Waals surface area contributed by atoms with Crippen molar-refractivity contribution in [3.63, 3.8) is 0 Å². The molecule has 3 N–H and O–H groups in total. The Labute approximate surface area is 170 Å². The minimum atomic E-state index is -0.754. The number of pyridine rings is 1. The van der Waals surface area contributed by atoms with Crippen LogP contribution in [0, 0.1) is 6.92 Å². The lowest BCUT2D eigenvalue weighted by Crippen LogP contribution is -2.14. The molecule has 9 nitrogen and oxygen atoms in total. The van der Waals surface area contributed by atoms with Crippen LogP contribution in [0.15, 0.2) is 56.6 Å². The number of hydrogen-bond donors (Lipinski definition) is 3. The molecule has 3 aromatic heterocycles. The van der Waals surface area contributed by atoms with Gasteiger partial charge < -0.3 is 19.6 Å². The molecule has 152 valence electrons. The second-order valence-electron chi connectivity index (χ2n) is 6.46. The molecule has 0 bridgehead atoms. The van der Waals surface area contributed by atoms with E-state index in [9.17, 15) is 14.7 Å². The maximum absolute atomic E-state index is 12.8. The highest BCUT2D eigenvalue weighted by Crippen LogP contribution is 2.30. The van der Waals surface area contributed by atoms with Crippen molar-refractivity contribution in [3.05, 3.63) is 69.1 Å². The van der Waals surface area contributed by atoms with Crippen molar-refractivity contribution < 1.29 is 14.3 Å². The number of hydrogen-bond acceptors (Lipinski definition) is 8. The van der Waals surface area contributed by atoms with Gasteiger partial charge in [-0.05, 0) is 44.2 Å². The van der Waals surface area contributed by atoms with Crippen LogP contribution in [0.25, 0.3) is 22.2 Å². The number of aromatic hydroxyl groups is 1. The zero-order valence-electron chi connectivity index (χ0n) is 16.2. The van der Waals surface area contributed by atoms with Crippen molar-refractivity contribution in [2.24, 2.45) is 0 Å². The van der Waals surface area contributed by atoms with Crippen LogP contribution in [0.5, 0.6) is 11.5 Å². The van der Waals surface area contributed by atoms with Crippen LogP contribution in [0.4, 0.5) is 11.6 Å². The number of nitrogens with one attached hydrogen (secondary N) is 2. The lowest BCUT2D eigenvalue weighted by atomic mass is 10.0. The average Bonchev–Trinajstić information content (AvgIpc) is 2.69. The van der Waals surface area contributed by atoms with E-state index in [-0.39, 0.29) is 39.6 Å². The number of fused-ring (bicyclic) bond motifs is 1. The van der Waals surface area contributed by atoms with Crippen LogP contribution in [0.1, 0.15) is 12.7 Å². The van der Waals surface area contributed by atoms with E-state index in [1.807, 2.05) is 6.92 Å². The molecule has 0 atom stereocenters. The number of ether oxygens (including phenoxy) is 1. The molecular formula is C21H18N4O5. The Morgan fingerprint density at radius 1 is 1.20 bits per heavy atom. The number of anilines is 2. The van der Waals surface area contributed by atoms with E-state index in [0.717, 1.165) is 5.75 Å². The molecule has 0 aliphatic rings. The SMILES string of the molecule is CCOc1ccc(Nc2nc3nccc(-c4c(O)cc(C)oc4=O)c3c(=O)[nH]2)cc1. The number of aryl methyl sites for hydroxylation is 1. The third-order valence-corrected chi connectivity index (χ3v) is 4.36. The molecule has 0 saturated carbocycles. The van der Waals surface area contributed by atoms with E-state index < -0.39 is 11.2 Å². The smallest absolute Gasteiger partial charge is 0.347 e. The Kier molecular flexibility index (Phi) is 4.93. The highest BCUT2D eigenvalue weighted by atomic mass is 16.5. The Bertz CT molecular complexity index is 1340. The second kappa shape index (κ2) is 7.70. The molecule has 1 aromatic carbocycles. The summed E-state index contributed by atoms with van der Waals surface area (Å²) in [5.74, 6) is 0.883. The Hall–Kier alpha value is -4.14. The van der Waals surface area contributed by atoms with Gasteiger partial charge in [-0.3, -0.25) is 9.78 Å². The lowest BCUT2D eigenvalue weighted by molar-refractivity contribution is 0.340. The van der Waals surface area contributed by atoms with Gasteiger partial charge in [0.05, 0.1) is 12.0 Å². The zero-order valence-corrected chi connectivity index (χ0v) is 16.2. The van der Waals surface area contributed by atoms with Gasteiger partial charge in [0.25, 0.3) is 5.56 Å². The van der Waals surface area contributed by atoms with E-state index >= 15 is 0 Å². The van der Waals surface area contributed by atoms with Gasteiger partial charge in [0.1, 0.15) is 22.8 Å². The topological polar surface area (TPSA) is 130 Å². The molecule has 0 amide bonds. The predicted octanol–water partition coefficient (Wildman–Crippen LogP) is 3.09. The molecule has 0 aliphatic carbocycles. The summed E-state index contributed by atoms with van der Waals surface area (Å²) >= 11 is 0. The summed E-state index contributed by atoms with van der Waals surface area (Å²) in [7, 11) is 0. The summed E-state index contributed by atoms with van der Waals surface area (Å²) in [5.41, 5.74) is -0.398. The van der Waals surface area contributed by atoms with Crippen molar-refractivity contribution in [2.45, 2.75) is 13.8 Å². The van der Waals surface area contributed by atoms with Gasteiger partial charge in [-0.1, -0.05) is 0 Å². The fourth-order valence-electron chi connectivity index (χ4n) is 3.11. The first-order chi connectivity index (χ1) is 14.5. The van der Waals surface area contributed by atoms with Crippen LogP contribution in [-0.4, -0.2) is 26.7 Å². The number of aromatic amines is 1. The molecular weight excluding hydrogens is 388 g/mol. The maximum atomic E-state index is 12.8. The highest BCUT2D eigenvalue weighted by Gasteiger charge is 2.18. The van der Waals surface area contributed by atoms with E-state index in [0.29, 0.717) is 12.3 Å². The monoisotopic (exact) mass is 406 g/mol. The number of benzene rings is 1. The van der Waals surface area contributed by atoms with Gasteiger partial charge in [-0.15, -0.1) is 0 Å². The maximum Gasteiger partial charge on any atom is 0.347 e. The standard InChI is InChI=1S/C21H18N4O5/c1-3-29-13-6-4-12(5-7-13)23-21-24-18-17(19(27)25-21)14(8-9-22-18)16-15(26)10-11(2)30-20(16)28/h4-10,26H,3H2,1-2H3,(H2,22,23,24,25,27). The van der Waals surface area contributed by atoms with Crippen molar-refractivity contribution >= 4 is 22.7 Å². The van der Waals surface area contributed by atoms with Crippen molar-refractivity contribution in [1.82, 2.24) is 15.0 Å². The number of aromatic nitrogens is 3. The number of rotatable bonds is 5. The van der Waals surface area contributed by atoms with Gasteiger partial charge in [-0.2, -0.15) is 4.98 Å². The molecule has 3 heterocycles. The summed E-state index contributed by atoms with van der Waals surface area (Å²) < 4.78 is 10.5. The van der Waals surface area contributed by atoms with E-state index in [1.165, 1.54) is 18.3 Å². The molecule has 30 heavy (non-hydrogen) atoms. The number of H-pyrrole nitrogens is 1. The summed E-state index contributed by atoms with van der Waals surface area (Å²) in [6.07, 6.45) is 1.41. The first-order valence-electron chi connectivity index (χ1n) is 9.19. The molecule has 0 unspecified atom stereocenters. The van der Waals surface area contributed by atoms with Gasteiger partial charge in [0, 0.05) is 23.5 Å². The van der Waals surface area contributed by atoms with Crippen LogP contribution >= 0.6 is 0 Å². The Morgan fingerprint density at radius 2 is 1.97 bits per heavy atom. The van der Waals surface area contributed by atoms with Gasteiger partial charge in [0.15, 0.2) is 5.65 Å². The summed E-state index contributed by atoms with van der Waals surface area (Å²) in [4.78, 5) is 36.2. The fourth-order valence-corrected chi connectivity index (χ4v) is 3.11. The fraction of sp³-hybridized carbons (Fsp3) is 0.143. The third-order valence-electron chi connectivity index (χ3n) is 4.36. The quantitative estimate of drug-likeness (QED) is 0.461. The molecule has 4 rings (SSSR count). The molecule has 4 aromatic rings. The van der Waals surface area contributed by atoms with E-state index in [4.69, 9.17) is 9.15 Å². The summed E-state index contributed by atoms with van der Waals surface area (Å²) in [5, 5.41) is 13.3. The molecule has 0 spiro atoms.